The van der Waals surface area contributed by atoms with Crippen LogP contribution in [0, 0.1) is 0 Å². The molecule has 0 radical (unpaired) electrons. The Labute approximate surface area is 117 Å². The van der Waals surface area contributed by atoms with Crippen LogP contribution in [0.2, 0.25) is 5.02 Å². The number of halogens is 4. The summed E-state index contributed by atoms with van der Waals surface area (Å²) >= 11 is 5.70. The predicted octanol–water partition coefficient (Wildman–Crippen LogP) is 4.47. The highest BCUT2D eigenvalue weighted by molar-refractivity contribution is 6.31. The molecule has 7 heteroatoms. The molecule has 0 spiro atoms. The molecule has 0 bridgehead atoms. The summed E-state index contributed by atoms with van der Waals surface area (Å²) in [6, 6.07) is 2.96. The highest BCUT2D eigenvalue weighted by Crippen LogP contribution is 2.43. The van der Waals surface area contributed by atoms with E-state index < -0.39 is 11.7 Å². The van der Waals surface area contributed by atoms with E-state index in [-0.39, 0.29) is 33.5 Å². The quantitative estimate of drug-likeness (QED) is 0.860. The number of nitrogens with two attached hydrogens (primary N) is 1. The van der Waals surface area contributed by atoms with E-state index in [2.05, 4.69) is 0 Å². The molecule has 1 heterocycles. The number of aryl methyl sites for hydroxylation is 1. The molecule has 2 aromatic rings. The molecule has 0 saturated heterocycles. The van der Waals surface area contributed by atoms with Crippen LogP contribution in [0.3, 0.4) is 0 Å². The first-order chi connectivity index (χ1) is 9.24. The smallest absolute Gasteiger partial charge is 0.416 e. The second-order valence-electron chi connectivity index (χ2n) is 4.19. The first kappa shape index (κ1) is 14.6. The molecule has 2 rings (SSSR count). The Balaban J connectivity index is 2.65. The largest absolute Gasteiger partial charge is 0.504 e. The highest BCUT2D eigenvalue weighted by atomic mass is 35.5. The molecular formula is C13H11ClF3NO2. The number of furan rings is 1. The summed E-state index contributed by atoms with van der Waals surface area (Å²) in [6.07, 6.45) is -4.18. The van der Waals surface area contributed by atoms with Crippen LogP contribution >= 0.6 is 11.6 Å². The van der Waals surface area contributed by atoms with Gasteiger partial charge in [-0.05, 0) is 23.8 Å². The fourth-order valence-electron chi connectivity index (χ4n) is 1.90. The van der Waals surface area contributed by atoms with Gasteiger partial charge in [0, 0.05) is 11.4 Å². The summed E-state index contributed by atoms with van der Waals surface area (Å²) < 4.78 is 43.4. The summed E-state index contributed by atoms with van der Waals surface area (Å²) in [7, 11) is 0. The molecule has 3 nitrogen and oxygen atoms in total. The Morgan fingerprint density at radius 1 is 1.30 bits per heavy atom. The summed E-state index contributed by atoms with van der Waals surface area (Å²) in [4.78, 5) is 0. The first-order valence-electron chi connectivity index (χ1n) is 5.72. The van der Waals surface area contributed by atoms with Gasteiger partial charge in [0.1, 0.15) is 5.76 Å². The van der Waals surface area contributed by atoms with Crippen LogP contribution in [0.4, 0.5) is 19.1 Å². The molecule has 3 N–H and O–H groups in total. The number of anilines is 1. The molecule has 0 saturated carbocycles. The van der Waals surface area contributed by atoms with E-state index in [0.29, 0.717) is 6.42 Å². The van der Waals surface area contributed by atoms with Crippen molar-refractivity contribution in [2.24, 2.45) is 0 Å². The van der Waals surface area contributed by atoms with Crippen molar-refractivity contribution in [3.8, 4) is 16.9 Å². The monoisotopic (exact) mass is 305 g/mol. The van der Waals surface area contributed by atoms with Crippen molar-refractivity contribution in [1.29, 1.82) is 0 Å². The lowest BCUT2D eigenvalue weighted by molar-refractivity contribution is -0.137. The van der Waals surface area contributed by atoms with Gasteiger partial charge in [-0.1, -0.05) is 18.5 Å². The average molecular weight is 306 g/mol. The molecule has 20 heavy (non-hydrogen) atoms. The van der Waals surface area contributed by atoms with Crippen molar-refractivity contribution in [2.75, 3.05) is 5.73 Å². The van der Waals surface area contributed by atoms with Gasteiger partial charge in [-0.25, -0.2) is 0 Å². The minimum absolute atomic E-state index is 0.0230. The summed E-state index contributed by atoms with van der Waals surface area (Å²) in [6.45, 7) is 1.72. The van der Waals surface area contributed by atoms with Crippen LogP contribution in [-0.2, 0) is 12.6 Å². The van der Waals surface area contributed by atoms with E-state index >= 15 is 0 Å². The van der Waals surface area contributed by atoms with Gasteiger partial charge >= 0.3 is 6.18 Å². The van der Waals surface area contributed by atoms with Gasteiger partial charge in [0.05, 0.1) is 11.1 Å². The van der Waals surface area contributed by atoms with Crippen LogP contribution in [0.25, 0.3) is 11.1 Å². The van der Waals surface area contributed by atoms with Gasteiger partial charge in [-0.15, -0.1) is 0 Å². The van der Waals surface area contributed by atoms with E-state index in [1.807, 2.05) is 0 Å². The van der Waals surface area contributed by atoms with Crippen LogP contribution in [0.5, 0.6) is 5.75 Å². The van der Waals surface area contributed by atoms with E-state index in [0.717, 1.165) is 12.1 Å². The second kappa shape index (κ2) is 4.94. The van der Waals surface area contributed by atoms with Crippen molar-refractivity contribution >= 4 is 17.5 Å². The van der Waals surface area contributed by atoms with Crippen LogP contribution in [-0.4, -0.2) is 5.11 Å². The molecule has 108 valence electrons. The third kappa shape index (κ3) is 2.56. The Morgan fingerprint density at radius 2 is 1.95 bits per heavy atom. The first-order valence-corrected chi connectivity index (χ1v) is 6.10. The van der Waals surface area contributed by atoms with Crippen molar-refractivity contribution in [1.82, 2.24) is 0 Å². The standard InChI is InChI=1S/C13H11ClF3NO2/c1-2-9-11(19)10(12(18)20-9)6-3-7(13(15,16)17)5-8(14)4-6/h3-5,19H,2,18H2,1H3. The minimum atomic E-state index is -4.54. The van der Waals surface area contributed by atoms with Crippen LogP contribution < -0.4 is 5.73 Å². The molecule has 0 aliphatic rings. The number of hydrogen-bond acceptors (Lipinski definition) is 3. The zero-order valence-electron chi connectivity index (χ0n) is 10.4. The lowest BCUT2D eigenvalue weighted by atomic mass is 10.0. The van der Waals surface area contributed by atoms with Gasteiger partial charge in [0.2, 0.25) is 5.88 Å². The Hall–Kier alpha value is -1.82. The van der Waals surface area contributed by atoms with E-state index in [1.54, 1.807) is 6.92 Å². The number of alkyl halides is 3. The average Bonchev–Trinajstić information content (AvgIpc) is 2.62. The minimum Gasteiger partial charge on any atom is -0.504 e. The molecule has 0 atom stereocenters. The maximum absolute atomic E-state index is 12.8. The molecule has 0 aliphatic carbocycles. The topological polar surface area (TPSA) is 59.4 Å². The molecule has 1 aromatic carbocycles. The predicted molar refractivity (Wildman–Crippen MR) is 69.6 cm³/mol. The number of hydrogen-bond donors (Lipinski definition) is 2. The SMILES string of the molecule is CCc1oc(N)c(-c2cc(Cl)cc(C(F)(F)F)c2)c1O. The van der Waals surface area contributed by atoms with Gasteiger partial charge in [0.25, 0.3) is 0 Å². The summed E-state index contributed by atoms with van der Waals surface area (Å²) in [5.41, 5.74) is 4.77. The van der Waals surface area contributed by atoms with Crippen LogP contribution in [0.15, 0.2) is 22.6 Å². The van der Waals surface area contributed by atoms with Crippen molar-refractivity contribution in [3.05, 3.63) is 34.5 Å². The van der Waals surface area contributed by atoms with E-state index in [1.165, 1.54) is 6.07 Å². The maximum atomic E-state index is 12.8. The molecule has 0 amide bonds. The van der Waals surface area contributed by atoms with Gasteiger partial charge in [-0.3, -0.25) is 0 Å². The second-order valence-corrected chi connectivity index (χ2v) is 4.63. The molecule has 0 aliphatic heterocycles. The fraction of sp³-hybridized carbons (Fsp3) is 0.231. The fourth-order valence-corrected chi connectivity index (χ4v) is 2.14. The molecule has 1 aromatic heterocycles. The van der Waals surface area contributed by atoms with Crippen molar-refractivity contribution in [3.63, 3.8) is 0 Å². The van der Waals surface area contributed by atoms with E-state index in [9.17, 15) is 18.3 Å². The number of benzene rings is 1. The zero-order valence-corrected chi connectivity index (χ0v) is 11.1. The number of rotatable bonds is 2. The summed E-state index contributed by atoms with van der Waals surface area (Å²) in [5, 5.41) is 9.85. The molecule has 0 fully saturated rings. The molecular weight excluding hydrogens is 295 g/mol. The highest BCUT2D eigenvalue weighted by Gasteiger charge is 2.32. The lowest BCUT2D eigenvalue weighted by Crippen LogP contribution is -2.05. The van der Waals surface area contributed by atoms with Crippen molar-refractivity contribution in [2.45, 2.75) is 19.5 Å². The van der Waals surface area contributed by atoms with Gasteiger partial charge in [-0.2, -0.15) is 13.2 Å². The molecule has 0 unspecified atom stereocenters. The normalized spacial score (nSPS) is 11.8. The van der Waals surface area contributed by atoms with Crippen molar-refractivity contribution < 1.29 is 22.7 Å². The lowest BCUT2D eigenvalue weighted by Gasteiger charge is -2.09. The third-order valence-corrected chi connectivity index (χ3v) is 3.03. The van der Waals surface area contributed by atoms with Gasteiger partial charge < -0.3 is 15.3 Å². The number of aromatic hydroxyl groups is 1. The number of nitrogen functional groups attached to an aromatic ring is 1. The summed E-state index contributed by atoms with van der Waals surface area (Å²) in [5.74, 6) is -0.193. The van der Waals surface area contributed by atoms with E-state index in [4.69, 9.17) is 21.8 Å². The Morgan fingerprint density at radius 3 is 2.45 bits per heavy atom. The van der Waals surface area contributed by atoms with Crippen LogP contribution in [0.1, 0.15) is 18.2 Å². The Kier molecular flexibility index (Phi) is 3.60. The maximum Gasteiger partial charge on any atom is 0.416 e. The zero-order chi connectivity index (χ0) is 15.1. The van der Waals surface area contributed by atoms with Gasteiger partial charge in [0.15, 0.2) is 5.75 Å². The Bertz CT molecular complexity index is 650. The third-order valence-electron chi connectivity index (χ3n) is 2.82.